The Kier molecular flexibility index (Phi) is 6.91. The number of thiophene rings is 1. The number of carbonyl (C=O) groups excluding carboxylic acids is 3. The van der Waals surface area contributed by atoms with E-state index in [2.05, 4.69) is 5.32 Å². The summed E-state index contributed by atoms with van der Waals surface area (Å²) in [6.45, 7) is 3.39. The van der Waals surface area contributed by atoms with Crippen molar-refractivity contribution in [2.24, 2.45) is 0 Å². The molecule has 1 aromatic heterocycles. The normalized spacial score (nSPS) is 10.3. The Hall–Kier alpha value is -2.67. The summed E-state index contributed by atoms with van der Waals surface area (Å²) < 4.78 is 10.1. The smallest absolute Gasteiger partial charge is 0.306 e. The van der Waals surface area contributed by atoms with Gasteiger partial charge in [-0.3, -0.25) is 14.4 Å². The van der Waals surface area contributed by atoms with Crippen molar-refractivity contribution >= 4 is 34.7 Å². The van der Waals surface area contributed by atoms with Gasteiger partial charge in [-0.05, 0) is 43.7 Å². The topological polar surface area (TPSA) is 81.7 Å². The van der Waals surface area contributed by atoms with Crippen LogP contribution in [0.3, 0.4) is 0 Å². The molecule has 0 saturated carbocycles. The lowest BCUT2D eigenvalue weighted by Gasteiger charge is -2.11. The molecule has 0 atom stereocenters. The number of Topliss-reactive ketones (excluding diaryl/α,β-unsaturated/α-hetero) is 1. The van der Waals surface area contributed by atoms with Gasteiger partial charge in [-0.1, -0.05) is 6.07 Å². The number of nitrogens with one attached hydrogen (secondary N) is 1. The van der Waals surface area contributed by atoms with Crippen LogP contribution in [0.5, 0.6) is 5.75 Å². The molecule has 2 rings (SSSR count). The van der Waals surface area contributed by atoms with Crippen LogP contribution < -0.4 is 10.1 Å². The number of hydrogen-bond donors (Lipinski definition) is 1. The minimum Gasteiger partial charge on any atom is -0.495 e. The summed E-state index contributed by atoms with van der Waals surface area (Å²) >= 11 is 1.39. The quantitative estimate of drug-likeness (QED) is 0.564. The summed E-state index contributed by atoms with van der Waals surface area (Å²) in [4.78, 5) is 37.3. The highest BCUT2D eigenvalue weighted by atomic mass is 32.1. The molecule has 1 N–H and O–H groups in total. The van der Waals surface area contributed by atoms with E-state index in [1.54, 1.807) is 18.2 Å². The van der Waals surface area contributed by atoms with E-state index in [0.717, 1.165) is 10.4 Å². The van der Waals surface area contributed by atoms with Gasteiger partial charge in [0.2, 0.25) is 0 Å². The standard InChI is InChI=1S/C19H21NO5S/c1-12-4-7-16(24-3)14(10-12)20-18(22)11-25-19(23)9-6-15(21)17-8-5-13(2)26-17/h4-5,7-8,10H,6,9,11H2,1-3H3,(H,20,22). The average molecular weight is 375 g/mol. The number of methoxy groups -OCH3 is 1. The zero-order chi connectivity index (χ0) is 19.1. The predicted molar refractivity (Wildman–Crippen MR) is 99.9 cm³/mol. The Morgan fingerprint density at radius 3 is 2.50 bits per heavy atom. The van der Waals surface area contributed by atoms with Crippen LogP contribution in [0.15, 0.2) is 30.3 Å². The number of carbonyl (C=O) groups is 3. The number of anilines is 1. The fraction of sp³-hybridized carbons (Fsp3) is 0.316. The zero-order valence-corrected chi connectivity index (χ0v) is 15.8. The first-order valence-electron chi connectivity index (χ1n) is 8.09. The minimum absolute atomic E-state index is 0.0587. The molecular weight excluding hydrogens is 354 g/mol. The molecule has 0 radical (unpaired) electrons. The van der Waals surface area contributed by atoms with E-state index < -0.39 is 18.5 Å². The van der Waals surface area contributed by atoms with Crippen LogP contribution in [0, 0.1) is 13.8 Å². The lowest BCUT2D eigenvalue weighted by Crippen LogP contribution is -2.21. The highest BCUT2D eigenvalue weighted by molar-refractivity contribution is 7.14. The third-order valence-corrected chi connectivity index (χ3v) is 4.61. The van der Waals surface area contributed by atoms with Crippen LogP contribution in [-0.2, 0) is 14.3 Å². The lowest BCUT2D eigenvalue weighted by atomic mass is 10.2. The SMILES string of the molecule is COc1ccc(C)cc1NC(=O)COC(=O)CCC(=O)c1ccc(C)s1. The summed E-state index contributed by atoms with van der Waals surface area (Å²) in [7, 11) is 1.51. The molecule has 2 aromatic rings. The second kappa shape index (κ2) is 9.15. The molecular formula is C19H21NO5S. The zero-order valence-electron chi connectivity index (χ0n) is 15.0. The molecule has 0 aliphatic heterocycles. The molecule has 0 unspecified atom stereocenters. The summed E-state index contributed by atoms with van der Waals surface area (Å²) in [5.74, 6) is -0.637. The lowest BCUT2D eigenvalue weighted by molar-refractivity contribution is -0.147. The largest absolute Gasteiger partial charge is 0.495 e. The van der Waals surface area contributed by atoms with Gasteiger partial charge in [0.25, 0.3) is 5.91 Å². The van der Waals surface area contributed by atoms with Crippen molar-refractivity contribution in [3.8, 4) is 5.75 Å². The molecule has 6 nitrogen and oxygen atoms in total. The van der Waals surface area contributed by atoms with Gasteiger partial charge >= 0.3 is 5.97 Å². The molecule has 0 aliphatic rings. The third-order valence-electron chi connectivity index (χ3n) is 3.56. The fourth-order valence-corrected chi connectivity index (χ4v) is 3.08. The molecule has 0 aliphatic carbocycles. The number of rotatable bonds is 8. The van der Waals surface area contributed by atoms with E-state index in [1.807, 2.05) is 26.0 Å². The Labute approximate surface area is 156 Å². The molecule has 1 aromatic carbocycles. The molecule has 1 heterocycles. The van der Waals surface area contributed by atoms with Gasteiger partial charge in [0.05, 0.1) is 24.1 Å². The molecule has 0 saturated heterocycles. The van der Waals surface area contributed by atoms with Gasteiger partial charge in [-0.25, -0.2) is 0 Å². The van der Waals surface area contributed by atoms with Crippen LogP contribution in [-0.4, -0.2) is 31.4 Å². The summed E-state index contributed by atoms with van der Waals surface area (Å²) in [5, 5.41) is 2.64. The third kappa shape index (κ3) is 5.70. The molecule has 0 fully saturated rings. The van der Waals surface area contributed by atoms with Crippen LogP contribution in [0.2, 0.25) is 0 Å². The first kappa shape index (κ1) is 19.7. The number of ether oxygens (including phenoxy) is 2. The second-order valence-electron chi connectivity index (χ2n) is 5.75. The van der Waals surface area contributed by atoms with Gasteiger partial charge in [0.1, 0.15) is 5.75 Å². The minimum atomic E-state index is -0.585. The first-order valence-corrected chi connectivity index (χ1v) is 8.90. The van der Waals surface area contributed by atoms with Crippen LogP contribution in [0.4, 0.5) is 5.69 Å². The maximum Gasteiger partial charge on any atom is 0.306 e. The van der Waals surface area contributed by atoms with Crippen molar-refractivity contribution in [2.75, 3.05) is 19.0 Å². The van der Waals surface area contributed by atoms with E-state index in [-0.39, 0.29) is 18.6 Å². The van der Waals surface area contributed by atoms with Crippen LogP contribution in [0.1, 0.15) is 33.0 Å². The van der Waals surface area contributed by atoms with E-state index in [1.165, 1.54) is 18.4 Å². The highest BCUT2D eigenvalue weighted by Gasteiger charge is 2.14. The highest BCUT2D eigenvalue weighted by Crippen LogP contribution is 2.25. The predicted octanol–water partition coefficient (Wildman–Crippen LogP) is 3.52. The molecule has 7 heteroatoms. The fourth-order valence-electron chi connectivity index (χ4n) is 2.25. The van der Waals surface area contributed by atoms with E-state index in [4.69, 9.17) is 9.47 Å². The number of ketones is 1. The summed E-state index contributed by atoms with van der Waals surface area (Å²) in [5.41, 5.74) is 1.47. The Bertz CT molecular complexity index is 812. The van der Waals surface area contributed by atoms with E-state index in [9.17, 15) is 14.4 Å². The van der Waals surface area contributed by atoms with Crippen molar-refractivity contribution in [1.82, 2.24) is 0 Å². The van der Waals surface area contributed by atoms with E-state index in [0.29, 0.717) is 16.3 Å². The molecule has 0 bridgehead atoms. The molecule has 138 valence electrons. The maximum atomic E-state index is 12.0. The van der Waals surface area contributed by atoms with Gasteiger partial charge in [-0.15, -0.1) is 11.3 Å². The number of amides is 1. The van der Waals surface area contributed by atoms with Gasteiger partial charge in [0, 0.05) is 11.3 Å². The summed E-state index contributed by atoms with van der Waals surface area (Å²) in [6, 6.07) is 8.98. The van der Waals surface area contributed by atoms with Gasteiger partial charge in [0.15, 0.2) is 12.4 Å². The van der Waals surface area contributed by atoms with E-state index >= 15 is 0 Å². The average Bonchev–Trinajstić information content (AvgIpc) is 3.04. The Morgan fingerprint density at radius 1 is 1.08 bits per heavy atom. The van der Waals surface area contributed by atoms with Crippen molar-refractivity contribution in [1.29, 1.82) is 0 Å². The number of aryl methyl sites for hydroxylation is 2. The molecule has 26 heavy (non-hydrogen) atoms. The monoisotopic (exact) mass is 375 g/mol. The van der Waals surface area contributed by atoms with Gasteiger partial charge in [-0.2, -0.15) is 0 Å². The Morgan fingerprint density at radius 2 is 1.85 bits per heavy atom. The number of esters is 1. The van der Waals surface area contributed by atoms with Crippen molar-refractivity contribution < 1.29 is 23.9 Å². The van der Waals surface area contributed by atoms with Crippen molar-refractivity contribution in [3.63, 3.8) is 0 Å². The number of benzene rings is 1. The van der Waals surface area contributed by atoms with Crippen molar-refractivity contribution in [3.05, 3.63) is 45.6 Å². The van der Waals surface area contributed by atoms with Crippen LogP contribution >= 0.6 is 11.3 Å². The molecule has 1 amide bonds. The second-order valence-corrected chi connectivity index (χ2v) is 7.03. The Balaban J connectivity index is 1.77. The van der Waals surface area contributed by atoms with Crippen LogP contribution in [0.25, 0.3) is 0 Å². The molecule has 0 spiro atoms. The number of hydrogen-bond acceptors (Lipinski definition) is 6. The summed E-state index contributed by atoms with van der Waals surface area (Å²) in [6.07, 6.45) is 0.00291. The first-order chi connectivity index (χ1) is 12.4. The van der Waals surface area contributed by atoms with Gasteiger partial charge < -0.3 is 14.8 Å². The van der Waals surface area contributed by atoms with Crippen molar-refractivity contribution in [2.45, 2.75) is 26.7 Å². The maximum absolute atomic E-state index is 12.0.